The predicted molar refractivity (Wildman–Crippen MR) is 102 cm³/mol. The van der Waals surface area contributed by atoms with Gasteiger partial charge in [-0.25, -0.2) is 0 Å². The fourth-order valence-corrected chi connectivity index (χ4v) is 5.55. The highest BCUT2D eigenvalue weighted by atomic mass is 79.9. The second-order valence-corrected chi connectivity index (χ2v) is 8.86. The van der Waals surface area contributed by atoms with Gasteiger partial charge in [-0.1, -0.05) is 11.6 Å². The quantitative estimate of drug-likeness (QED) is 0.729. The van der Waals surface area contributed by atoms with Gasteiger partial charge < -0.3 is 5.32 Å². The van der Waals surface area contributed by atoms with Gasteiger partial charge in [0.1, 0.15) is 6.04 Å². The van der Waals surface area contributed by atoms with Crippen LogP contribution in [0, 0.1) is 30.6 Å². The molecule has 2 saturated carbocycles. The number of benzene rings is 1. The van der Waals surface area contributed by atoms with E-state index in [-0.39, 0.29) is 29.6 Å². The van der Waals surface area contributed by atoms with Crippen molar-refractivity contribution in [3.8, 4) is 0 Å². The molecule has 5 atom stereocenters. The van der Waals surface area contributed by atoms with Crippen LogP contribution in [0.25, 0.3) is 0 Å². The summed E-state index contributed by atoms with van der Waals surface area (Å²) in [5, 5.41) is 3.33. The van der Waals surface area contributed by atoms with Gasteiger partial charge in [0.15, 0.2) is 0 Å². The van der Waals surface area contributed by atoms with Crippen LogP contribution in [-0.4, -0.2) is 28.7 Å². The fraction of sp³-hybridized carbons (Fsp3) is 0.526. The van der Waals surface area contributed by atoms with Gasteiger partial charge in [0, 0.05) is 10.2 Å². The van der Waals surface area contributed by atoms with E-state index in [1.807, 2.05) is 6.92 Å². The number of fused-ring (bicyclic) bond motifs is 5. The molecule has 2 bridgehead atoms. The minimum absolute atomic E-state index is 0.166. The number of halogens is 2. The van der Waals surface area contributed by atoms with E-state index in [1.54, 1.807) is 19.1 Å². The maximum atomic E-state index is 12.8. The lowest BCUT2D eigenvalue weighted by molar-refractivity contribution is -0.146. The number of nitrogens with zero attached hydrogens (tertiary/aromatic N) is 1. The zero-order valence-corrected chi connectivity index (χ0v) is 16.9. The van der Waals surface area contributed by atoms with E-state index in [4.69, 9.17) is 11.6 Å². The predicted octanol–water partition coefficient (Wildman–Crippen LogP) is 3.77. The molecule has 0 aromatic heterocycles. The van der Waals surface area contributed by atoms with Crippen LogP contribution in [0.4, 0.5) is 5.69 Å². The maximum absolute atomic E-state index is 12.8. The molecule has 2 aliphatic carbocycles. The molecule has 1 aromatic carbocycles. The van der Waals surface area contributed by atoms with Crippen molar-refractivity contribution in [2.24, 2.45) is 23.7 Å². The topological polar surface area (TPSA) is 66.5 Å². The minimum atomic E-state index is -0.832. The van der Waals surface area contributed by atoms with E-state index in [1.165, 1.54) is 4.90 Å². The SMILES string of the molecule is Cc1c(NC(=O)[C@H](C)N2C(=O)[C@@H]3[C@@H]4CC[C@@H](C4)[C@@H]3C2=O)ccc(Br)c1Cl. The highest BCUT2D eigenvalue weighted by Gasteiger charge is 2.62. The van der Waals surface area contributed by atoms with E-state index in [9.17, 15) is 14.4 Å². The number of likely N-dealkylation sites (tertiary alicyclic amines) is 1. The molecule has 1 aromatic rings. The van der Waals surface area contributed by atoms with Crippen molar-refractivity contribution in [2.75, 3.05) is 5.32 Å². The van der Waals surface area contributed by atoms with Gasteiger partial charge in [0.25, 0.3) is 0 Å². The molecule has 3 aliphatic rings. The average molecular weight is 440 g/mol. The number of carbonyl (C=O) groups is 3. The van der Waals surface area contributed by atoms with Crippen molar-refractivity contribution in [2.45, 2.75) is 39.2 Å². The Hall–Kier alpha value is -1.40. The molecule has 7 heteroatoms. The Morgan fingerprint density at radius 3 is 2.38 bits per heavy atom. The lowest BCUT2D eigenvalue weighted by atomic mass is 9.81. The van der Waals surface area contributed by atoms with Crippen molar-refractivity contribution >= 4 is 50.9 Å². The number of carbonyl (C=O) groups excluding carboxylic acids is 3. The van der Waals surface area contributed by atoms with E-state index in [2.05, 4.69) is 21.2 Å². The maximum Gasteiger partial charge on any atom is 0.247 e. The largest absolute Gasteiger partial charge is 0.324 e. The number of rotatable bonds is 3. The Morgan fingerprint density at radius 2 is 1.81 bits per heavy atom. The van der Waals surface area contributed by atoms with E-state index in [0.29, 0.717) is 22.5 Å². The Labute approximate surface area is 165 Å². The van der Waals surface area contributed by atoms with Gasteiger partial charge in [0.05, 0.1) is 16.9 Å². The summed E-state index contributed by atoms with van der Waals surface area (Å²) in [6, 6.07) is 2.67. The standard InChI is InChI=1S/C19H20BrClN2O3/c1-8-13(6-5-12(20)16(8)21)22-17(24)9(2)23-18(25)14-10-3-4-11(7-10)15(14)19(23)26/h5-6,9-11,14-15H,3-4,7H2,1-2H3,(H,22,24)/t9-,10-,11+,14-,15+/m0/s1. The smallest absolute Gasteiger partial charge is 0.247 e. The van der Waals surface area contributed by atoms with Crippen LogP contribution in [0.3, 0.4) is 0 Å². The van der Waals surface area contributed by atoms with Crippen LogP contribution in [-0.2, 0) is 14.4 Å². The van der Waals surface area contributed by atoms with Crippen LogP contribution in [0.5, 0.6) is 0 Å². The summed E-state index contributed by atoms with van der Waals surface area (Å²) in [7, 11) is 0. The summed E-state index contributed by atoms with van der Waals surface area (Å²) in [5.74, 6) is -0.495. The summed E-state index contributed by atoms with van der Waals surface area (Å²) in [6.45, 7) is 3.42. The number of amides is 3. The third kappa shape index (κ3) is 2.53. The molecule has 138 valence electrons. The molecule has 1 aliphatic heterocycles. The highest BCUT2D eigenvalue weighted by Crippen LogP contribution is 2.56. The van der Waals surface area contributed by atoms with Gasteiger partial charge >= 0.3 is 0 Å². The van der Waals surface area contributed by atoms with Crippen molar-refractivity contribution in [1.29, 1.82) is 0 Å². The van der Waals surface area contributed by atoms with Crippen LogP contribution in [0.1, 0.15) is 31.7 Å². The molecule has 1 heterocycles. The number of hydrogen-bond donors (Lipinski definition) is 1. The third-order valence-electron chi connectivity index (χ3n) is 6.33. The van der Waals surface area contributed by atoms with Crippen molar-refractivity contribution in [3.05, 3.63) is 27.2 Å². The molecule has 3 fully saturated rings. The summed E-state index contributed by atoms with van der Waals surface area (Å²) in [6.07, 6.45) is 3.03. The molecule has 0 radical (unpaired) electrons. The Morgan fingerprint density at radius 1 is 1.23 bits per heavy atom. The molecule has 1 N–H and O–H groups in total. The van der Waals surface area contributed by atoms with Crippen molar-refractivity contribution in [1.82, 2.24) is 4.90 Å². The third-order valence-corrected chi connectivity index (χ3v) is 7.70. The first-order valence-electron chi connectivity index (χ1n) is 8.93. The number of anilines is 1. The molecule has 5 nitrogen and oxygen atoms in total. The highest BCUT2D eigenvalue weighted by molar-refractivity contribution is 9.10. The normalized spacial score (nSPS) is 30.7. The first-order chi connectivity index (χ1) is 12.3. The Bertz CT molecular complexity index is 799. The molecule has 26 heavy (non-hydrogen) atoms. The molecule has 4 rings (SSSR count). The Kier molecular flexibility index (Phi) is 4.39. The molecule has 1 saturated heterocycles. The fourth-order valence-electron chi connectivity index (χ4n) is 4.96. The second-order valence-electron chi connectivity index (χ2n) is 7.63. The van der Waals surface area contributed by atoms with Crippen LogP contribution in [0.2, 0.25) is 5.02 Å². The molecule has 0 unspecified atom stereocenters. The lowest BCUT2D eigenvalue weighted by Gasteiger charge is -2.24. The van der Waals surface area contributed by atoms with Crippen molar-refractivity contribution in [3.63, 3.8) is 0 Å². The molecular formula is C19H20BrClN2O3. The summed E-state index contributed by atoms with van der Waals surface area (Å²) in [5.41, 5.74) is 1.31. The monoisotopic (exact) mass is 438 g/mol. The van der Waals surface area contributed by atoms with Crippen LogP contribution < -0.4 is 5.32 Å². The first-order valence-corrected chi connectivity index (χ1v) is 10.1. The number of imide groups is 1. The number of nitrogens with one attached hydrogen (secondary N) is 1. The van der Waals surface area contributed by atoms with E-state index >= 15 is 0 Å². The second kappa shape index (κ2) is 6.34. The van der Waals surface area contributed by atoms with Gasteiger partial charge in [-0.3, -0.25) is 19.3 Å². The molecule has 0 spiro atoms. The zero-order chi connectivity index (χ0) is 18.7. The van der Waals surface area contributed by atoms with Crippen LogP contribution in [0.15, 0.2) is 16.6 Å². The minimum Gasteiger partial charge on any atom is -0.324 e. The average Bonchev–Trinajstić information content (AvgIpc) is 3.29. The van der Waals surface area contributed by atoms with Gasteiger partial charge in [-0.15, -0.1) is 0 Å². The Balaban J connectivity index is 1.54. The van der Waals surface area contributed by atoms with Gasteiger partial charge in [0.2, 0.25) is 17.7 Å². The molecular weight excluding hydrogens is 420 g/mol. The number of hydrogen-bond acceptors (Lipinski definition) is 3. The van der Waals surface area contributed by atoms with Crippen molar-refractivity contribution < 1.29 is 14.4 Å². The molecule has 3 amide bonds. The summed E-state index contributed by atoms with van der Waals surface area (Å²) < 4.78 is 0.746. The lowest BCUT2D eigenvalue weighted by Crippen LogP contribution is -2.46. The van der Waals surface area contributed by atoms with Gasteiger partial charge in [-0.05, 0) is 78.6 Å². The van der Waals surface area contributed by atoms with Gasteiger partial charge in [-0.2, -0.15) is 0 Å². The van der Waals surface area contributed by atoms with E-state index < -0.39 is 6.04 Å². The van der Waals surface area contributed by atoms with E-state index in [0.717, 1.165) is 29.3 Å². The van der Waals surface area contributed by atoms with Crippen LogP contribution >= 0.6 is 27.5 Å². The zero-order valence-electron chi connectivity index (χ0n) is 14.6. The summed E-state index contributed by atoms with van der Waals surface area (Å²) >= 11 is 9.55. The first kappa shape index (κ1) is 18.0. The summed E-state index contributed by atoms with van der Waals surface area (Å²) in [4.78, 5) is 39.6.